The summed E-state index contributed by atoms with van der Waals surface area (Å²) < 4.78 is 25.8. The van der Waals surface area contributed by atoms with Crippen molar-refractivity contribution in [1.29, 1.82) is 0 Å². The summed E-state index contributed by atoms with van der Waals surface area (Å²) >= 11 is 6.16. The fraction of sp³-hybridized carbons (Fsp3) is 0.192. The number of hydrogen-bond acceptors (Lipinski definition) is 4. The SMILES string of the molecule is Fc1cccc(Cl)c1COc1ccc2ccccc2c1CNCCCOc1ccccn1. The molecule has 1 N–H and O–H groups in total. The van der Waals surface area contributed by atoms with Crippen molar-refractivity contribution >= 4 is 22.4 Å². The summed E-state index contributed by atoms with van der Waals surface area (Å²) in [6, 6.07) is 22.3. The summed E-state index contributed by atoms with van der Waals surface area (Å²) in [4.78, 5) is 4.15. The molecule has 0 spiro atoms. The van der Waals surface area contributed by atoms with E-state index in [0.29, 0.717) is 35.4 Å². The molecule has 0 amide bonds. The van der Waals surface area contributed by atoms with Crippen LogP contribution in [0.25, 0.3) is 10.8 Å². The first-order chi connectivity index (χ1) is 15.7. The van der Waals surface area contributed by atoms with Gasteiger partial charge in [-0.25, -0.2) is 9.37 Å². The van der Waals surface area contributed by atoms with Gasteiger partial charge in [0.2, 0.25) is 5.88 Å². The standard InChI is InChI=1S/C26H24ClFN2O2/c27-23-9-5-10-24(28)22(23)18-32-25-13-12-19-7-1-2-8-20(19)21(25)17-29-14-6-16-31-26-11-3-4-15-30-26/h1-5,7-13,15,29H,6,14,16-18H2. The van der Waals surface area contributed by atoms with E-state index < -0.39 is 0 Å². The lowest BCUT2D eigenvalue weighted by Gasteiger charge is -2.16. The number of nitrogens with zero attached hydrogens (tertiary/aromatic N) is 1. The van der Waals surface area contributed by atoms with Crippen molar-refractivity contribution < 1.29 is 13.9 Å². The molecule has 4 rings (SSSR count). The van der Waals surface area contributed by atoms with Crippen molar-refractivity contribution in [2.24, 2.45) is 0 Å². The Morgan fingerprint density at radius 3 is 2.59 bits per heavy atom. The Morgan fingerprint density at radius 2 is 1.75 bits per heavy atom. The van der Waals surface area contributed by atoms with Crippen molar-refractivity contribution in [3.8, 4) is 11.6 Å². The molecule has 164 valence electrons. The Balaban J connectivity index is 1.41. The van der Waals surface area contributed by atoms with E-state index in [1.54, 1.807) is 18.3 Å². The number of nitrogens with one attached hydrogen (secondary N) is 1. The monoisotopic (exact) mass is 450 g/mol. The molecule has 4 nitrogen and oxygen atoms in total. The second-order valence-corrected chi connectivity index (χ2v) is 7.71. The maximum atomic E-state index is 14.2. The van der Waals surface area contributed by atoms with Crippen LogP contribution in [0.5, 0.6) is 11.6 Å². The van der Waals surface area contributed by atoms with E-state index in [9.17, 15) is 4.39 Å². The Labute approximate surface area is 192 Å². The smallest absolute Gasteiger partial charge is 0.213 e. The minimum atomic E-state index is -0.370. The summed E-state index contributed by atoms with van der Waals surface area (Å²) in [5.41, 5.74) is 1.38. The quantitative estimate of drug-likeness (QED) is 0.294. The third-order valence-corrected chi connectivity index (χ3v) is 5.47. The van der Waals surface area contributed by atoms with Crippen LogP contribution in [-0.4, -0.2) is 18.1 Å². The molecule has 0 fully saturated rings. The number of hydrogen-bond donors (Lipinski definition) is 1. The number of ether oxygens (including phenoxy) is 2. The summed E-state index contributed by atoms with van der Waals surface area (Å²) in [6.07, 6.45) is 2.55. The average Bonchev–Trinajstić information content (AvgIpc) is 2.82. The first-order valence-corrected chi connectivity index (χ1v) is 10.9. The van der Waals surface area contributed by atoms with E-state index in [-0.39, 0.29) is 12.4 Å². The van der Waals surface area contributed by atoms with Gasteiger partial charge in [-0.05, 0) is 48.0 Å². The van der Waals surface area contributed by atoms with Gasteiger partial charge in [0, 0.05) is 29.9 Å². The molecule has 0 saturated carbocycles. The Kier molecular flexibility index (Phi) is 7.54. The largest absolute Gasteiger partial charge is 0.488 e. The van der Waals surface area contributed by atoms with Gasteiger partial charge in [-0.1, -0.05) is 54.1 Å². The van der Waals surface area contributed by atoms with Gasteiger partial charge in [0.25, 0.3) is 0 Å². The lowest BCUT2D eigenvalue weighted by molar-refractivity contribution is 0.292. The zero-order valence-electron chi connectivity index (χ0n) is 17.6. The number of pyridine rings is 1. The molecule has 0 unspecified atom stereocenters. The zero-order valence-corrected chi connectivity index (χ0v) is 18.3. The van der Waals surface area contributed by atoms with Crippen molar-refractivity contribution in [2.75, 3.05) is 13.2 Å². The molecular formula is C26H24ClFN2O2. The van der Waals surface area contributed by atoms with Gasteiger partial charge < -0.3 is 14.8 Å². The van der Waals surface area contributed by atoms with Gasteiger partial charge in [0.05, 0.1) is 11.6 Å². The predicted octanol–water partition coefficient (Wildman–Crippen LogP) is 6.17. The fourth-order valence-electron chi connectivity index (χ4n) is 3.47. The van der Waals surface area contributed by atoms with Crippen LogP contribution in [0.2, 0.25) is 5.02 Å². The van der Waals surface area contributed by atoms with Crippen LogP contribution >= 0.6 is 11.6 Å². The maximum Gasteiger partial charge on any atom is 0.213 e. The second-order valence-electron chi connectivity index (χ2n) is 7.30. The van der Waals surface area contributed by atoms with Gasteiger partial charge in [-0.3, -0.25) is 0 Å². The lowest BCUT2D eigenvalue weighted by Crippen LogP contribution is -2.18. The molecule has 0 aliphatic rings. The molecule has 0 aliphatic carbocycles. The molecule has 0 atom stereocenters. The molecule has 0 bridgehead atoms. The van der Waals surface area contributed by atoms with Gasteiger partial charge in [-0.15, -0.1) is 0 Å². The highest BCUT2D eigenvalue weighted by atomic mass is 35.5. The molecule has 1 heterocycles. The summed E-state index contributed by atoms with van der Waals surface area (Å²) in [5, 5.41) is 6.04. The number of rotatable bonds is 10. The Morgan fingerprint density at radius 1 is 0.875 bits per heavy atom. The molecule has 0 radical (unpaired) electrons. The van der Waals surface area contributed by atoms with Crippen molar-refractivity contribution in [3.05, 3.63) is 101 Å². The second kappa shape index (κ2) is 10.9. The summed E-state index contributed by atoms with van der Waals surface area (Å²) in [5.74, 6) is 0.968. The molecule has 1 aromatic heterocycles. The first-order valence-electron chi connectivity index (χ1n) is 10.5. The summed E-state index contributed by atoms with van der Waals surface area (Å²) in [7, 11) is 0. The zero-order chi connectivity index (χ0) is 22.2. The third kappa shape index (κ3) is 5.55. The van der Waals surface area contributed by atoms with Crippen LogP contribution in [-0.2, 0) is 13.2 Å². The molecule has 4 aromatic rings. The Hall–Kier alpha value is -3.15. The van der Waals surface area contributed by atoms with Crippen molar-refractivity contribution in [1.82, 2.24) is 10.3 Å². The van der Waals surface area contributed by atoms with Gasteiger partial charge in [0.1, 0.15) is 18.2 Å². The molecule has 3 aromatic carbocycles. The van der Waals surface area contributed by atoms with Crippen molar-refractivity contribution in [2.45, 2.75) is 19.6 Å². The number of aromatic nitrogens is 1. The summed E-state index contributed by atoms with van der Waals surface area (Å²) in [6.45, 7) is 2.03. The topological polar surface area (TPSA) is 43.4 Å². The fourth-order valence-corrected chi connectivity index (χ4v) is 3.69. The van der Waals surface area contributed by atoms with Crippen LogP contribution in [0.3, 0.4) is 0 Å². The molecule has 0 aliphatic heterocycles. The molecule has 0 saturated heterocycles. The normalized spacial score (nSPS) is 10.9. The van der Waals surface area contributed by atoms with E-state index in [1.807, 2.05) is 42.5 Å². The maximum absolute atomic E-state index is 14.2. The van der Waals surface area contributed by atoms with E-state index in [1.165, 1.54) is 6.07 Å². The highest BCUT2D eigenvalue weighted by Gasteiger charge is 2.12. The van der Waals surface area contributed by atoms with Crippen LogP contribution in [0.4, 0.5) is 4.39 Å². The van der Waals surface area contributed by atoms with E-state index in [0.717, 1.165) is 29.3 Å². The number of halogens is 2. The van der Waals surface area contributed by atoms with E-state index in [2.05, 4.69) is 22.4 Å². The molecule has 6 heteroatoms. The van der Waals surface area contributed by atoms with E-state index in [4.69, 9.17) is 21.1 Å². The van der Waals surface area contributed by atoms with Crippen LogP contribution in [0.1, 0.15) is 17.5 Å². The third-order valence-electron chi connectivity index (χ3n) is 5.12. The van der Waals surface area contributed by atoms with E-state index >= 15 is 0 Å². The average molecular weight is 451 g/mol. The van der Waals surface area contributed by atoms with Crippen LogP contribution in [0.15, 0.2) is 79.0 Å². The highest BCUT2D eigenvalue weighted by molar-refractivity contribution is 6.31. The number of benzene rings is 3. The lowest BCUT2D eigenvalue weighted by atomic mass is 10.0. The van der Waals surface area contributed by atoms with Crippen LogP contribution < -0.4 is 14.8 Å². The van der Waals surface area contributed by atoms with Gasteiger partial charge >= 0.3 is 0 Å². The van der Waals surface area contributed by atoms with Crippen molar-refractivity contribution in [3.63, 3.8) is 0 Å². The minimum absolute atomic E-state index is 0.0642. The Bertz CT molecular complexity index is 1150. The van der Waals surface area contributed by atoms with Gasteiger partial charge in [0.15, 0.2) is 0 Å². The van der Waals surface area contributed by atoms with Crippen LogP contribution in [0, 0.1) is 5.82 Å². The van der Waals surface area contributed by atoms with Gasteiger partial charge in [-0.2, -0.15) is 0 Å². The molecule has 32 heavy (non-hydrogen) atoms. The predicted molar refractivity (Wildman–Crippen MR) is 126 cm³/mol. The first kappa shape index (κ1) is 22.1. The number of fused-ring (bicyclic) bond motifs is 1. The molecular weight excluding hydrogens is 427 g/mol. The highest BCUT2D eigenvalue weighted by Crippen LogP contribution is 2.30. The minimum Gasteiger partial charge on any atom is -0.488 e.